The molecular formula is C12H19NO3S. The summed E-state index contributed by atoms with van der Waals surface area (Å²) in [5, 5.41) is 22.9. The third-order valence-electron chi connectivity index (χ3n) is 2.65. The molecule has 0 amide bonds. The predicted molar refractivity (Wildman–Crippen MR) is 68.5 cm³/mol. The number of carbonyl (C=O) groups is 1. The first-order valence-corrected chi connectivity index (χ1v) is 6.45. The molecule has 0 aliphatic carbocycles. The van der Waals surface area contributed by atoms with Crippen molar-refractivity contribution in [3.05, 3.63) is 21.9 Å². The van der Waals surface area contributed by atoms with Crippen LogP contribution >= 0.6 is 11.3 Å². The van der Waals surface area contributed by atoms with Crippen LogP contribution < -0.4 is 5.32 Å². The van der Waals surface area contributed by atoms with E-state index in [1.165, 1.54) is 11.3 Å². The Hall–Kier alpha value is -0.910. The monoisotopic (exact) mass is 257 g/mol. The average molecular weight is 257 g/mol. The van der Waals surface area contributed by atoms with Gasteiger partial charge in [0.05, 0.1) is 0 Å². The number of aromatic carboxylic acids is 1. The number of carboxylic acid groups (broad SMARTS) is 1. The van der Waals surface area contributed by atoms with Crippen LogP contribution in [0.25, 0.3) is 0 Å². The topological polar surface area (TPSA) is 69.6 Å². The lowest BCUT2D eigenvalue weighted by atomic mass is 9.90. The third kappa shape index (κ3) is 4.46. The summed E-state index contributed by atoms with van der Waals surface area (Å²) in [5.41, 5.74) is 0.844. The fraction of sp³-hybridized carbons (Fsp3) is 0.583. The Morgan fingerprint density at radius 1 is 1.53 bits per heavy atom. The maximum absolute atomic E-state index is 10.9. The quantitative estimate of drug-likeness (QED) is 0.698. The number of aliphatic hydroxyl groups is 1. The number of hydrogen-bond donors (Lipinski definition) is 3. The second-order valence-electron chi connectivity index (χ2n) is 4.82. The number of thiophene rings is 1. The first-order valence-electron chi connectivity index (χ1n) is 5.57. The molecule has 1 rings (SSSR count). The molecule has 1 aromatic rings. The van der Waals surface area contributed by atoms with Crippen molar-refractivity contribution < 1.29 is 15.0 Å². The van der Waals surface area contributed by atoms with E-state index in [4.69, 9.17) is 10.2 Å². The summed E-state index contributed by atoms with van der Waals surface area (Å²) in [7, 11) is 0. The molecule has 3 N–H and O–H groups in total. The Labute approximate surface area is 105 Å². The first-order chi connectivity index (χ1) is 7.96. The average Bonchev–Trinajstić information content (AvgIpc) is 2.65. The Kier molecular flexibility index (Phi) is 5.11. The first kappa shape index (κ1) is 14.2. The van der Waals surface area contributed by atoms with Gasteiger partial charge in [0.25, 0.3) is 0 Å². The highest BCUT2D eigenvalue weighted by Gasteiger charge is 2.17. The normalized spacial score (nSPS) is 11.7. The molecular weight excluding hydrogens is 238 g/mol. The van der Waals surface area contributed by atoms with Crippen molar-refractivity contribution >= 4 is 17.3 Å². The fourth-order valence-corrected chi connectivity index (χ4v) is 2.35. The third-order valence-corrected chi connectivity index (χ3v) is 3.59. The second kappa shape index (κ2) is 6.14. The lowest BCUT2D eigenvalue weighted by Gasteiger charge is -2.23. The second-order valence-corrected chi connectivity index (χ2v) is 5.74. The van der Waals surface area contributed by atoms with Gasteiger partial charge in [-0.1, -0.05) is 13.8 Å². The van der Waals surface area contributed by atoms with E-state index in [0.29, 0.717) is 11.4 Å². The van der Waals surface area contributed by atoms with Crippen molar-refractivity contribution in [3.8, 4) is 0 Å². The highest BCUT2D eigenvalue weighted by molar-refractivity contribution is 7.12. The summed E-state index contributed by atoms with van der Waals surface area (Å²) in [6.45, 7) is 5.62. The van der Waals surface area contributed by atoms with Crippen molar-refractivity contribution in [1.29, 1.82) is 0 Å². The Morgan fingerprint density at radius 2 is 2.24 bits per heavy atom. The maximum atomic E-state index is 10.9. The lowest BCUT2D eigenvalue weighted by Crippen LogP contribution is -2.30. The molecule has 0 bridgehead atoms. The highest BCUT2D eigenvalue weighted by Crippen LogP contribution is 2.20. The molecule has 0 fully saturated rings. The SMILES string of the molecule is CC(C)(CCO)CNCc1ccsc1C(=O)O. The molecule has 0 spiro atoms. The van der Waals surface area contributed by atoms with Crippen LogP contribution in [0.2, 0.25) is 0 Å². The number of nitrogens with one attached hydrogen (secondary N) is 1. The summed E-state index contributed by atoms with van der Waals surface area (Å²) in [5.74, 6) is -0.869. The minimum absolute atomic E-state index is 0.0220. The van der Waals surface area contributed by atoms with Crippen LogP contribution in [0.5, 0.6) is 0 Å². The Morgan fingerprint density at radius 3 is 2.82 bits per heavy atom. The molecule has 1 heterocycles. The van der Waals surface area contributed by atoms with Gasteiger partial charge in [-0.2, -0.15) is 0 Å². The van der Waals surface area contributed by atoms with E-state index < -0.39 is 5.97 Å². The van der Waals surface area contributed by atoms with Crippen molar-refractivity contribution in [2.75, 3.05) is 13.2 Å². The minimum atomic E-state index is -0.869. The van der Waals surface area contributed by atoms with Crippen LogP contribution in [-0.2, 0) is 6.54 Å². The van der Waals surface area contributed by atoms with Crippen LogP contribution in [0.4, 0.5) is 0 Å². The van der Waals surface area contributed by atoms with Crippen LogP contribution in [0, 0.1) is 5.41 Å². The Bertz CT molecular complexity index is 374. The van der Waals surface area contributed by atoms with Crippen LogP contribution in [0.15, 0.2) is 11.4 Å². The smallest absolute Gasteiger partial charge is 0.346 e. The zero-order chi connectivity index (χ0) is 12.9. The molecule has 96 valence electrons. The van der Waals surface area contributed by atoms with Gasteiger partial charge in [-0.05, 0) is 28.8 Å². The minimum Gasteiger partial charge on any atom is -0.477 e. The van der Waals surface area contributed by atoms with Gasteiger partial charge in [0.2, 0.25) is 0 Å². The molecule has 0 atom stereocenters. The van der Waals surface area contributed by atoms with Gasteiger partial charge in [0.1, 0.15) is 4.88 Å². The molecule has 0 saturated heterocycles. The summed E-state index contributed by atoms with van der Waals surface area (Å²) >= 11 is 1.25. The van der Waals surface area contributed by atoms with Gasteiger partial charge in [-0.15, -0.1) is 11.3 Å². The molecule has 0 saturated carbocycles. The standard InChI is InChI=1S/C12H19NO3S/c1-12(2,4-5-14)8-13-7-9-3-6-17-10(9)11(15)16/h3,6,13-14H,4-5,7-8H2,1-2H3,(H,15,16). The van der Waals surface area contributed by atoms with E-state index in [0.717, 1.165) is 18.5 Å². The van der Waals surface area contributed by atoms with E-state index in [9.17, 15) is 4.79 Å². The molecule has 0 aromatic carbocycles. The molecule has 0 unspecified atom stereocenters. The number of rotatable bonds is 7. The molecule has 5 heteroatoms. The summed E-state index contributed by atoms with van der Waals surface area (Å²) in [6.07, 6.45) is 0.732. The number of hydrogen-bond acceptors (Lipinski definition) is 4. The zero-order valence-electron chi connectivity index (χ0n) is 10.2. The van der Waals surface area contributed by atoms with E-state index in [-0.39, 0.29) is 12.0 Å². The summed E-state index contributed by atoms with van der Waals surface area (Å²) in [4.78, 5) is 11.3. The largest absolute Gasteiger partial charge is 0.477 e. The predicted octanol–water partition coefficient (Wildman–Crippen LogP) is 1.94. The van der Waals surface area contributed by atoms with Gasteiger partial charge in [0.15, 0.2) is 0 Å². The molecule has 1 aromatic heterocycles. The summed E-state index contributed by atoms with van der Waals surface area (Å²) < 4.78 is 0. The summed E-state index contributed by atoms with van der Waals surface area (Å²) in [6, 6.07) is 1.83. The lowest BCUT2D eigenvalue weighted by molar-refractivity contribution is 0.0701. The van der Waals surface area contributed by atoms with Crippen molar-refractivity contribution in [2.24, 2.45) is 5.41 Å². The molecule has 17 heavy (non-hydrogen) atoms. The van der Waals surface area contributed by atoms with E-state index in [2.05, 4.69) is 19.2 Å². The molecule has 0 aliphatic rings. The van der Waals surface area contributed by atoms with Gasteiger partial charge >= 0.3 is 5.97 Å². The van der Waals surface area contributed by atoms with Gasteiger partial charge < -0.3 is 15.5 Å². The zero-order valence-corrected chi connectivity index (χ0v) is 11.0. The van der Waals surface area contributed by atoms with Crippen molar-refractivity contribution in [3.63, 3.8) is 0 Å². The number of aliphatic hydroxyl groups excluding tert-OH is 1. The van der Waals surface area contributed by atoms with Gasteiger partial charge in [0, 0.05) is 19.7 Å². The molecule has 0 radical (unpaired) electrons. The highest BCUT2D eigenvalue weighted by atomic mass is 32.1. The van der Waals surface area contributed by atoms with Crippen LogP contribution in [0.3, 0.4) is 0 Å². The fourth-order valence-electron chi connectivity index (χ4n) is 1.59. The maximum Gasteiger partial charge on any atom is 0.346 e. The van der Waals surface area contributed by atoms with Gasteiger partial charge in [-0.25, -0.2) is 4.79 Å². The molecule has 4 nitrogen and oxygen atoms in total. The van der Waals surface area contributed by atoms with Crippen molar-refractivity contribution in [1.82, 2.24) is 5.32 Å². The van der Waals surface area contributed by atoms with Gasteiger partial charge in [-0.3, -0.25) is 0 Å². The van der Waals surface area contributed by atoms with E-state index >= 15 is 0 Å². The van der Waals surface area contributed by atoms with Crippen molar-refractivity contribution in [2.45, 2.75) is 26.8 Å². The van der Waals surface area contributed by atoms with Crippen LogP contribution in [-0.4, -0.2) is 29.3 Å². The van der Waals surface area contributed by atoms with E-state index in [1.807, 2.05) is 6.07 Å². The van der Waals surface area contributed by atoms with Crippen LogP contribution in [0.1, 0.15) is 35.5 Å². The van der Waals surface area contributed by atoms with E-state index in [1.54, 1.807) is 5.38 Å². The number of carboxylic acids is 1. The Balaban J connectivity index is 2.46. The molecule has 0 aliphatic heterocycles.